The van der Waals surface area contributed by atoms with Crippen molar-refractivity contribution in [3.05, 3.63) is 35.9 Å². The van der Waals surface area contributed by atoms with E-state index in [9.17, 15) is 4.79 Å². The SMILES string of the molecule is CC1CN(CCC(=O)N(C)CCC#N)CCC1c1ccccc1. The molecule has 2 rings (SSSR count). The van der Waals surface area contributed by atoms with Crippen molar-refractivity contribution in [3.63, 3.8) is 0 Å². The summed E-state index contributed by atoms with van der Waals surface area (Å²) >= 11 is 0. The smallest absolute Gasteiger partial charge is 0.223 e. The maximum atomic E-state index is 12.0. The summed E-state index contributed by atoms with van der Waals surface area (Å²) in [5, 5.41) is 8.58. The van der Waals surface area contributed by atoms with Gasteiger partial charge in [0.25, 0.3) is 0 Å². The van der Waals surface area contributed by atoms with Gasteiger partial charge in [-0.15, -0.1) is 0 Å². The van der Waals surface area contributed by atoms with Crippen LogP contribution in [0.15, 0.2) is 30.3 Å². The number of nitrogens with zero attached hydrogens (tertiary/aromatic N) is 3. The molecule has 0 aliphatic carbocycles. The molecule has 1 aliphatic rings. The lowest BCUT2D eigenvalue weighted by molar-refractivity contribution is -0.130. The Morgan fingerprint density at radius 2 is 2.13 bits per heavy atom. The monoisotopic (exact) mass is 313 g/mol. The van der Waals surface area contributed by atoms with Crippen LogP contribution < -0.4 is 0 Å². The molecule has 0 spiro atoms. The second kappa shape index (κ2) is 8.69. The van der Waals surface area contributed by atoms with E-state index in [4.69, 9.17) is 5.26 Å². The third kappa shape index (κ3) is 5.07. The van der Waals surface area contributed by atoms with Crippen molar-refractivity contribution in [2.75, 3.05) is 33.2 Å². The number of carbonyl (C=O) groups is 1. The lowest BCUT2D eigenvalue weighted by Crippen LogP contribution is -2.40. The standard InChI is InChI=1S/C19H27N3O/c1-16-15-22(14-10-19(23)21(2)12-6-11-20)13-9-18(16)17-7-4-3-5-8-17/h3-5,7-8,16,18H,6,9-10,12-15H2,1-2H3. The first-order valence-electron chi connectivity index (χ1n) is 8.50. The lowest BCUT2D eigenvalue weighted by Gasteiger charge is -2.37. The van der Waals surface area contributed by atoms with Crippen molar-refractivity contribution in [2.24, 2.45) is 5.92 Å². The van der Waals surface area contributed by atoms with Gasteiger partial charge in [0, 0.05) is 33.1 Å². The van der Waals surface area contributed by atoms with E-state index >= 15 is 0 Å². The molecule has 4 heteroatoms. The van der Waals surface area contributed by atoms with Crippen LogP contribution in [-0.2, 0) is 4.79 Å². The summed E-state index contributed by atoms with van der Waals surface area (Å²) in [7, 11) is 1.78. The first-order chi connectivity index (χ1) is 11.1. The molecule has 2 unspecified atom stereocenters. The van der Waals surface area contributed by atoms with Gasteiger partial charge in [-0.1, -0.05) is 37.3 Å². The molecule has 1 aliphatic heterocycles. The average Bonchev–Trinajstić information content (AvgIpc) is 2.58. The Morgan fingerprint density at radius 1 is 1.39 bits per heavy atom. The first kappa shape index (κ1) is 17.5. The molecule has 0 radical (unpaired) electrons. The molecule has 124 valence electrons. The Balaban J connectivity index is 1.77. The van der Waals surface area contributed by atoms with Crippen LogP contribution in [-0.4, -0.2) is 48.9 Å². The highest BCUT2D eigenvalue weighted by Crippen LogP contribution is 2.32. The molecule has 0 bridgehead atoms. The van der Waals surface area contributed by atoms with Crippen LogP contribution >= 0.6 is 0 Å². The van der Waals surface area contributed by atoms with Crippen LogP contribution in [0.2, 0.25) is 0 Å². The number of benzene rings is 1. The number of nitriles is 1. The van der Waals surface area contributed by atoms with Gasteiger partial charge in [0.05, 0.1) is 12.5 Å². The molecule has 0 aromatic heterocycles. The van der Waals surface area contributed by atoms with E-state index < -0.39 is 0 Å². The van der Waals surface area contributed by atoms with E-state index in [-0.39, 0.29) is 5.91 Å². The molecule has 23 heavy (non-hydrogen) atoms. The molecular weight excluding hydrogens is 286 g/mol. The van der Waals surface area contributed by atoms with Crippen molar-refractivity contribution in [1.29, 1.82) is 5.26 Å². The topological polar surface area (TPSA) is 47.3 Å². The largest absolute Gasteiger partial charge is 0.345 e. The molecule has 0 saturated carbocycles. The van der Waals surface area contributed by atoms with Crippen molar-refractivity contribution < 1.29 is 4.79 Å². The summed E-state index contributed by atoms with van der Waals surface area (Å²) in [5.41, 5.74) is 1.44. The van der Waals surface area contributed by atoms with Gasteiger partial charge in [0.15, 0.2) is 0 Å². The van der Waals surface area contributed by atoms with E-state index in [0.717, 1.165) is 26.1 Å². The van der Waals surface area contributed by atoms with Gasteiger partial charge in [-0.05, 0) is 30.4 Å². The van der Waals surface area contributed by atoms with Crippen molar-refractivity contribution in [3.8, 4) is 6.07 Å². The Kier molecular flexibility index (Phi) is 6.61. The first-order valence-corrected chi connectivity index (χ1v) is 8.50. The zero-order valence-electron chi connectivity index (χ0n) is 14.2. The van der Waals surface area contributed by atoms with Crippen LogP contribution in [0.3, 0.4) is 0 Å². The molecule has 4 nitrogen and oxygen atoms in total. The van der Waals surface area contributed by atoms with Crippen LogP contribution in [0.5, 0.6) is 0 Å². The number of carbonyl (C=O) groups excluding carboxylic acids is 1. The molecule has 2 atom stereocenters. The highest BCUT2D eigenvalue weighted by molar-refractivity contribution is 5.76. The minimum Gasteiger partial charge on any atom is -0.345 e. The summed E-state index contributed by atoms with van der Waals surface area (Å²) in [5.74, 6) is 1.37. The second-order valence-electron chi connectivity index (χ2n) is 6.56. The van der Waals surface area contributed by atoms with Gasteiger partial charge in [-0.3, -0.25) is 4.79 Å². The average molecular weight is 313 g/mol. The molecule has 1 fully saturated rings. The predicted octanol–water partition coefficient (Wildman–Crippen LogP) is 2.87. The van der Waals surface area contributed by atoms with Gasteiger partial charge < -0.3 is 9.80 Å². The fourth-order valence-electron chi connectivity index (χ4n) is 3.42. The summed E-state index contributed by atoms with van der Waals surface area (Å²) < 4.78 is 0. The fraction of sp³-hybridized carbons (Fsp3) is 0.579. The zero-order valence-corrected chi connectivity index (χ0v) is 14.2. The number of amides is 1. The summed E-state index contributed by atoms with van der Waals surface area (Å²) in [6.45, 7) is 5.77. The fourth-order valence-corrected chi connectivity index (χ4v) is 3.42. The van der Waals surface area contributed by atoms with Crippen LogP contribution in [0.4, 0.5) is 0 Å². The van der Waals surface area contributed by atoms with E-state index in [1.54, 1.807) is 11.9 Å². The number of hydrogen-bond acceptors (Lipinski definition) is 3. The number of likely N-dealkylation sites (tertiary alicyclic amines) is 1. The molecule has 1 amide bonds. The predicted molar refractivity (Wildman–Crippen MR) is 91.9 cm³/mol. The Hall–Kier alpha value is -1.86. The van der Waals surface area contributed by atoms with E-state index in [1.807, 2.05) is 0 Å². The van der Waals surface area contributed by atoms with Gasteiger partial charge in [-0.2, -0.15) is 5.26 Å². The number of rotatable bonds is 6. The van der Waals surface area contributed by atoms with Crippen LogP contribution in [0.25, 0.3) is 0 Å². The minimum atomic E-state index is 0.137. The maximum Gasteiger partial charge on any atom is 0.223 e. The van der Waals surface area contributed by atoms with Crippen molar-refractivity contribution in [2.45, 2.75) is 32.1 Å². The summed E-state index contributed by atoms with van der Waals surface area (Å²) in [6.07, 6.45) is 2.11. The van der Waals surface area contributed by atoms with Gasteiger partial charge in [0.1, 0.15) is 0 Å². The quantitative estimate of drug-likeness (QED) is 0.811. The zero-order chi connectivity index (χ0) is 16.7. The van der Waals surface area contributed by atoms with E-state index in [2.05, 4.69) is 48.2 Å². The van der Waals surface area contributed by atoms with Gasteiger partial charge in [0.2, 0.25) is 5.91 Å². The lowest BCUT2D eigenvalue weighted by atomic mass is 9.81. The van der Waals surface area contributed by atoms with E-state index in [0.29, 0.717) is 31.2 Å². The molecule has 1 aromatic carbocycles. The maximum absolute atomic E-state index is 12.0. The summed E-state index contributed by atoms with van der Waals surface area (Å²) in [4.78, 5) is 16.1. The minimum absolute atomic E-state index is 0.137. The van der Waals surface area contributed by atoms with Crippen LogP contribution in [0.1, 0.15) is 37.7 Å². The number of hydrogen-bond donors (Lipinski definition) is 0. The van der Waals surface area contributed by atoms with Crippen molar-refractivity contribution in [1.82, 2.24) is 9.80 Å². The molecule has 0 N–H and O–H groups in total. The van der Waals surface area contributed by atoms with Crippen molar-refractivity contribution >= 4 is 5.91 Å². The Morgan fingerprint density at radius 3 is 2.78 bits per heavy atom. The van der Waals surface area contributed by atoms with Gasteiger partial charge in [-0.25, -0.2) is 0 Å². The highest BCUT2D eigenvalue weighted by Gasteiger charge is 2.27. The Bertz CT molecular complexity index is 537. The third-order valence-corrected chi connectivity index (χ3v) is 4.84. The molecular formula is C19H27N3O. The van der Waals surface area contributed by atoms with E-state index in [1.165, 1.54) is 5.56 Å². The highest BCUT2D eigenvalue weighted by atomic mass is 16.2. The summed E-state index contributed by atoms with van der Waals surface area (Å²) in [6, 6.07) is 12.8. The number of piperidine rings is 1. The van der Waals surface area contributed by atoms with Gasteiger partial charge >= 0.3 is 0 Å². The normalized spacial score (nSPS) is 21.6. The Labute approximate surface area is 139 Å². The second-order valence-corrected chi connectivity index (χ2v) is 6.56. The van der Waals surface area contributed by atoms with Crippen LogP contribution in [0, 0.1) is 17.2 Å². The molecule has 1 saturated heterocycles. The molecule has 1 aromatic rings. The molecule has 1 heterocycles. The third-order valence-electron chi connectivity index (χ3n) is 4.84.